The van der Waals surface area contributed by atoms with Crippen LogP contribution in [0.1, 0.15) is 93.9 Å². The highest BCUT2D eigenvalue weighted by Gasteiger charge is 2.61. The molecule has 1 spiro atoms. The van der Waals surface area contributed by atoms with Gasteiger partial charge in [0.1, 0.15) is 42.0 Å². The highest BCUT2D eigenvalue weighted by Crippen LogP contribution is 2.48. The van der Waals surface area contributed by atoms with Crippen LogP contribution in [0, 0.1) is 23.7 Å². The van der Waals surface area contributed by atoms with Crippen molar-refractivity contribution in [2.45, 2.75) is 197 Å². The third-order valence-electron chi connectivity index (χ3n) is 14.7. The molecule has 0 aromatic heterocycles. The van der Waals surface area contributed by atoms with E-state index in [9.17, 15) is 20.1 Å². The summed E-state index contributed by atoms with van der Waals surface area (Å²) in [5, 5.41) is 34.7. The van der Waals surface area contributed by atoms with E-state index < -0.39 is 103 Å². The van der Waals surface area contributed by atoms with Gasteiger partial charge in [0.25, 0.3) is 0 Å². The molecule has 15 heteroatoms. The second-order valence-electron chi connectivity index (χ2n) is 19.5. The fraction of sp³-hybridized carbons (Fsp3) is 0.812. The minimum Gasteiger partial charge on any atom is -0.462 e. The van der Waals surface area contributed by atoms with Gasteiger partial charge < -0.3 is 67.4 Å². The molecule has 0 saturated carbocycles. The van der Waals surface area contributed by atoms with Crippen molar-refractivity contribution in [3.05, 3.63) is 47.1 Å². The van der Waals surface area contributed by atoms with Crippen LogP contribution < -0.4 is 0 Å². The molecule has 2 bridgehead atoms. The van der Waals surface area contributed by atoms with Crippen molar-refractivity contribution in [1.29, 1.82) is 0 Å². The van der Waals surface area contributed by atoms with E-state index in [4.69, 9.17) is 52.1 Å². The lowest BCUT2D eigenvalue weighted by Gasteiger charge is -2.52. The van der Waals surface area contributed by atoms with E-state index in [2.05, 4.69) is 26.8 Å². The molecule has 1 aliphatic carbocycles. The van der Waals surface area contributed by atoms with Gasteiger partial charge in [0.2, 0.25) is 0 Å². The first-order valence-electron chi connectivity index (χ1n) is 23.1. The van der Waals surface area contributed by atoms with E-state index in [1.54, 1.807) is 34.3 Å². The lowest BCUT2D eigenvalue weighted by atomic mass is 9.70. The van der Waals surface area contributed by atoms with Gasteiger partial charge in [0, 0.05) is 65.3 Å². The number of rotatable bonds is 8. The number of ether oxygens (including phenoxy) is 11. The smallest absolute Gasteiger partial charge is 0.316 e. The number of aliphatic hydroxyl groups is 3. The van der Waals surface area contributed by atoms with Crippen molar-refractivity contribution in [2.75, 3.05) is 27.9 Å². The molecule has 5 fully saturated rings. The summed E-state index contributed by atoms with van der Waals surface area (Å²) >= 11 is 0. The predicted octanol–water partition coefficient (Wildman–Crippen LogP) is 4.84. The molecule has 0 unspecified atom stereocenters. The van der Waals surface area contributed by atoms with Crippen LogP contribution >= 0.6 is 0 Å². The van der Waals surface area contributed by atoms with Gasteiger partial charge >= 0.3 is 5.97 Å². The second kappa shape index (κ2) is 20.0. The van der Waals surface area contributed by atoms with Gasteiger partial charge in [-0.05, 0) is 56.8 Å². The van der Waals surface area contributed by atoms with Crippen LogP contribution in [0.15, 0.2) is 47.1 Å². The summed E-state index contributed by atoms with van der Waals surface area (Å²) < 4.78 is 69.7. The molecule has 0 aromatic carbocycles. The first kappa shape index (κ1) is 48.8. The Kier molecular flexibility index (Phi) is 15.5. The van der Waals surface area contributed by atoms with E-state index in [0.717, 1.165) is 11.1 Å². The van der Waals surface area contributed by atoms with Gasteiger partial charge in [-0.2, -0.15) is 0 Å². The zero-order valence-electron chi connectivity index (χ0n) is 39.0. The van der Waals surface area contributed by atoms with Gasteiger partial charge in [0.05, 0.1) is 55.4 Å². The van der Waals surface area contributed by atoms with Crippen LogP contribution in [0.2, 0.25) is 0 Å². The lowest BCUT2D eigenvalue weighted by Crippen LogP contribution is -2.60. The molecule has 0 radical (unpaired) electrons. The fourth-order valence-corrected chi connectivity index (χ4v) is 11.1. The van der Waals surface area contributed by atoms with Gasteiger partial charge in [-0.15, -0.1) is 0 Å². The molecule has 0 aromatic rings. The normalized spacial score (nSPS) is 49.6. The molecular formula is C48H74O15. The van der Waals surface area contributed by atoms with Crippen molar-refractivity contribution in [3.63, 3.8) is 0 Å². The highest BCUT2D eigenvalue weighted by molar-refractivity contribution is 5.78. The van der Waals surface area contributed by atoms with E-state index in [-0.39, 0.29) is 49.4 Å². The van der Waals surface area contributed by atoms with Gasteiger partial charge in [-0.3, -0.25) is 4.79 Å². The topological polar surface area (TPSA) is 179 Å². The number of hydrogen-bond acceptors (Lipinski definition) is 15. The lowest BCUT2D eigenvalue weighted by molar-refractivity contribution is -0.353. The summed E-state index contributed by atoms with van der Waals surface area (Å²) in [6.45, 7) is 15.9. The minimum atomic E-state index is -1.74. The SMILES string of the molecule is CO[C@H]1C[C@H](O[C@H]2[C@H](C)O[C@@H](O[C@@H]3/C(C)=C\C[C@@H]4C[C@@H](C[C@]5(C[C@H](O)[C@H](C)[C@@H](C(C)C)O5)O4)OC(=O)[C@@H]4C=C(C)[C@@H](OC)[C@H]5OC/C(=C/C=C\[C@@H]3C)[C@]54O)C[C@@H]2OC)O[C@@H](C)[C@@H]1O. The summed E-state index contributed by atoms with van der Waals surface area (Å²) in [6, 6.07) is 0. The number of hydrogen-bond donors (Lipinski definition) is 3. The summed E-state index contributed by atoms with van der Waals surface area (Å²) in [5.41, 5.74) is 0.511. The average molecular weight is 891 g/mol. The molecule has 3 N–H and O–H groups in total. The molecule has 7 rings (SSSR count). The van der Waals surface area contributed by atoms with Crippen molar-refractivity contribution in [3.8, 4) is 0 Å². The first-order chi connectivity index (χ1) is 29.9. The maximum Gasteiger partial charge on any atom is 0.316 e. The minimum absolute atomic E-state index is 0.0967. The Morgan fingerprint density at radius 2 is 1.52 bits per heavy atom. The number of allylic oxidation sites excluding steroid dienone is 2. The standard InChI is InChI=1S/C48H74O15/c1-24(2)41-28(6)35(49)22-47(63-41)21-33-18-32(62-47)16-15-26(4)42(60-39-20-37(54-10)44(30(8)58-39)61-38-19-36(53-9)40(50)29(7)57-38)25(3)13-12-14-31-23-56-45-43(55-11)27(5)17-34(46(51)59-33)48(31,45)52/h12-15,17,24-25,28-30,32-45,49-50,52H,16,18-23H2,1-11H3/b13-12-,26-15-,31-14-/t25-,28-,29-,30-,32+,33-,34-,35-,36-,37-,38-,39-,40-,41+,42-,43+,44-,45+,47-,48+/m0/s1. The van der Waals surface area contributed by atoms with Crippen LogP contribution in [0.5, 0.6) is 0 Å². The Balaban J connectivity index is 1.19. The Hall–Kier alpha value is -2.09. The summed E-state index contributed by atoms with van der Waals surface area (Å²) in [6.07, 6.45) is 3.50. The first-order valence-corrected chi connectivity index (χ1v) is 23.1. The Labute approximate surface area is 373 Å². The number of esters is 1. The molecule has 6 heterocycles. The Morgan fingerprint density at radius 3 is 2.22 bits per heavy atom. The monoisotopic (exact) mass is 891 g/mol. The van der Waals surface area contributed by atoms with Crippen molar-refractivity contribution in [2.24, 2.45) is 23.7 Å². The largest absolute Gasteiger partial charge is 0.462 e. The van der Waals surface area contributed by atoms with E-state index in [0.29, 0.717) is 31.3 Å². The van der Waals surface area contributed by atoms with Crippen LogP contribution in [-0.4, -0.2) is 153 Å². The summed E-state index contributed by atoms with van der Waals surface area (Å²) in [5.74, 6) is -3.03. The molecule has 6 aliphatic heterocycles. The van der Waals surface area contributed by atoms with Crippen molar-refractivity contribution >= 4 is 5.97 Å². The van der Waals surface area contributed by atoms with Crippen LogP contribution in [0.3, 0.4) is 0 Å². The van der Waals surface area contributed by atoms with Crippen molar-refractivity contribution in [1.82, 2.24) is 0 Å². The zero-order valence-corrected chi connectivity index (χ0v) is 39.0. The molecule has 20 atom stereocenters. The van der Waals surface area contributed by atoms with E-state index >= 15 is 0 Å². The molecule has 7 aliphatic rings. The van der Waals surface area contributed by atoms with Crippen molar-refractivity contribution < 1.29 is 72.2 Å². The van der Waals surface area contributed by atoms with Gasteiger partial charge in [-0.1, -0.05) is 58.1 Å². The van der Waals surface area contributed by atoms with Crippen LogP contribution in [-0.2, 0) is 56.9 Å². The average Bonchev–Trinajstić information content (AvgIpc) is 3.57. The number of carbonyl (C=O) groups is 1. The quantitative estimate of drug-likeness (QED) is 0.223. The van der Waals surface area contributed by atoms with E-state index in [1.165, 1.54) is 0 Å². The number of fused-ring (bicyclic) bond motifs is 2. The highest BCUT2D eigenvalue weighted by atomic mass is 16.7. The molecule has 15 nitrogen and oxygen atoms in total. The predicted molar refractivity (Wildman–Crippen MR) is 229 cm³/mol. The second-order valence-corrected chi connectivity index (χ2v) is 19.5. The number of methoxy groups -OCH3 is 3. The fourth-order valence-electron chi connectivity index (χ4n) is 11.1. The Bertz CT molecular complexity index is 1710. The number of aliphatic hydroxyl groups excluding tert-OH is 2. The maximum absolute atomic E-state index is 14.5. The Morgan fingerprint density at radius 1 is 0.825 bits per heavy atom. The van der Waals surface area contributed by atoms with Gasteiger partial charge in [-0.25, -0.2) is 0 Å². The third-order valence-corrected chi connectivity index (χ3v) is 14.7. The summed E-state index contributed by atoms with van der Waals surface area (Å²) in [4.78, 5) is 14.5. The van der Waals surface area contributed by atoms with E-state index in [1.807, 2.05) is 45.9 Å². The molecular weight excluding hydrogens is 817 g/mol. The van der Waals surface area contributed by atoms with Crippen LogP contribution in [0.4, 0.5) is 0 Å². The van der Waals surface area contributed by atoms with Crippen LogP contribution in [0.25, 0.3) is 0 Å². The molecule has 5 saturated heterocycles. The molecule has 63 heavy (non-hydrogen) atoms. The number of carbonyl (C=O) groups excluding carboxylic acids is 1. The van der Waals surface area contributed by atoms with Gasteiger partial charge in [0.15, 0.2) is 18.4 Å². The zero-order chi connectivity index (χ0) is 45.5. The summed E-state index contributed by atoms with van der Waals surface area (Å²) in [7, 11) is 4.79. The third kappa shape index (κ3) is 9.98. The maximum atomic E-state index is 14.5. The molecule has 356 valence electrons. The molecule has 0 amide bonds.